The molecule has 0 aliphatic carbocycles. The minimum absolute atomic E-state index is 0.800. The van der Waals surface area contributed by atoms with Gasteiger partial charge in [-0.2, -0.15) is 0 Å². The first-order valence-electron chi connectivity index (χ1n) is 43.7. The number of para-hydroxylation sites is 2. The van der Waals surface area contributed by atoms with Crippen LogP contribution in [-0.4, -0.2) is 44.9 Å². The molecule has 0 bridgehead atoms. The van der Waals surface area contributed by atoms with Crippen molar-refractivity contribution in [3.8, 4) is 23.0 Å². The van der Waals surface area contributed by atoms with Gasteiger partial charge in [-0.15, -0.1) is 0 Å². The third kappa shape index (κ3) is 23.4. The zero-order valence-electron chi connectivity index (χ0n) is 75.3. The number of hydrogen-bond donors (Lipinski definition) is 5. The van der Waals surface area contributed by atoms with E-state index in [0.29, 0.717) is 0 Å². The van der Waals surface area contributed by atoms with Crippen LogP contribution in [0.4, 0.5) is 57.4 Å². The molecule has 16 nitrogen and oxygen atoms in total. The summed E-state index contributed by atoms with van der Waals surface area (Å²) in [6.45, 7) is 23.1. The van der Waals surface area contributed by atoms with Crippen LogP contribution in [0.3, 0.4) is 0 Å². The molecule has 5 N–H and O–H groups in total. The molecule has 0 saturated carbocycles. The molecule has 0 aliphatic rings. The first-order chi connectivity index (χ1) is 63.8. The van der Waals surface area contributed by atoms with E-state index in [4.69, 9.17) is 9.47 Å². The smallest absolute Gasteiger partial charge is 0.141 e. The quantitative estimate of drug-likeness (QED) is 0.0483. The molecular weight excluding hydrogens is 1630 g/mol. The molecule has 15 aromatic carbocycles. The third-order valence-electron chi connectivity index (χ3n) is 22.9. The highest BCUT2D eigenvalue weighted by molar-refractivity contribution is 7.99. The number of fused-ring (bicyclic) bond motifs is 5. The van der Waals surface area contributed by atoms with Crippen LogP contribution < -0.4 is 36.1 Å². The van der Waals surface area contributed by atoms with E-state index in [9.17, 15) is 0 Å². The standard InChI is InChI=1S/C23H21N3O.2C23H21N3.C23H20N2O.C22H19N3S/c1-15-6-4-5-7-22(15)27-19-10-8-18(9-11-19)26-23-20-12-16(2)17(3)13-21(20)24-14-25-23;2*1-16-12-21-22(13-17(16)2)24-15-25-23(21)26-20-10-8-19(9-11-20)14-18-6-4-3-5-7-18;1-16-14-21-22(12-13-24-23(21)15-17(16)2)25-18-8-10-20(11-9-18)26-19-6-4-3-5-7-19;1-15-12-20-21(13-16(15)2)23-14-24-22(20)25-17-8-10-19(11-9-17)26-18-6-4-3-5-7-18/h4-14H,1-3H3,(H,24,25,26);2*3-13,15H,14H2,1-2H3,(H,24,25,26);3-15H,1-2H3,(H,24,25);3-14H,1-2H3,(H,23,24,25). The Hall–Kier alpha value is -16.0. The van der Waals surface area contributed by atoms with Crippen LogP contribution >= 0.6 is 11.8 Å². The van der Waals surface area contributed by atoms with Crippen LogP contribution in [0.5, 0.6) is 23.0 Å². The summed E-state index contributed by atoms with van der Waals surface area (Å²) in [5.74, 6) is 6.63. The van der Waals surface area contributed by atoms with Gasteiger partial charge in [0.2, 0.25) is 0 Å². The van der Waals surface area contributed by atoms with Crippen molar-refractivity contribution < 1.29 is 9.47 Å². The van der Waals surface area contributed by atoms with Crippen molar-refractivity contribution in [1.29, 1.82) is 0 Å². The van der Waals surface area contributed by atoms with Gasteiger partial charge in [0.1, 0.15) is 71.6 Å². The highest BCUT2D eigenvalue weighted by atomic mass is 32.2. The van der Waals surface area contributed by atoms with Gasteiger partial charge in [0.15, 0.2) is 0 Å². The molecule has 0 amide bonds. The maximum absolute atomic E-state index is 5.96. The van der Waals surface area contributed by atoms with E-state index < -0.39 is 0 Å². The average Bonchev–Trinajstić information content (AvgIpc) is 0.816. The van der Waals surface area contributed by atoms with Crippen molar-refractivity contribution in [3.63, 3.8) is 0 Å². The molecule has 5 aromatic heterocycles. The number of aromatic nitrogens is 9. The van der Waals surface area contributed by atoms with E-state index in [2.05, 4.69) is 347 Å². The molecule has 0 fully saturated rings. The Bertz CT molecular complexity index is 6610. The first-order valence-corrected chi connectivity index (χ1v) is 44.5. The molecule has 646 valence electrons. The summed E-state index contributed by atoms with van der Waals surface area (Å²) in [7, 11) is 0. The predicted molar refractivity (Wildman–Crippen MR) is 543 cm³/mol. The highest BCUT2D eigenvalue weighted by Crippen LogP contribution is 2.36. The van der Waals surface area contributed by atoms with Crippen LogP contribution in [0.1, 0.15) is 83.5 Å². The fourth-order valence-corrected chi connectivity index (χ4v) is 15.7. The summed E-state index contributed by atoms with van der Waals surface area (Å²) >= 11 is 1.76. The average molecular weight is 1730 g/mol. The van der Waals surface area contributed by atoms with Crippen molar-refractivity contribution >= 4 is 124 Å². The van der Waals surface area contributed by atoms with E-state index in [1.807, 2.05) is 141 Å². The Morgan fingerprint density at radius 1 is 0.221 bits per heavy atom. The summed E-state index contributed by atoms with van der Waals surface area (Å²) in [6, 6.07) is 114. The minimum Gasteiger partial charge on any atom is -0.457 e. The van der Waals surface area contributed by atoms with Gasteiger partial charge in [0.05, 0.1) is 27.6 Å². The van der Waals surface area contributed by atoms with Gasteiger partial charge in [0.25, 0.3) is 0 Å². The van der Waals surface area contributed by atoms with Gasteiger partial charge in [-0.3, -0.25) is 4.98 Å². The van der Waals surface area contributed by atoms with Crippen LogP contribution in [0, 0.1) is 76.2 Å². The van der Waals surface area contributed by atoms with Crippen molar-refractivity contribution in [3.05, 3.63) is 449 Å². The molecule has 0 unspecified atom stereocenters. The van der Waals surface area contributed by atoms with E-state index in [-0.39, 0.29) is 0 Å². The fourth-order valence-electron chi connectivity index (χ4n) is 14.8. The topological polar surface area (TPSA) is 195 Å². The van der Waals surface area contributed by atoms with Crippen molar-refractivity contribution in [1.82, 2.24) is 44.9 Å². The zero-order valence-corrected chi connectivity index (χ0v) is 76.1. The second-order valence-corrected chi connectivity index (χ2v) is 33.8. The maximum Gasteiger partial charge on any atom is 0.141 e. The van der Waals surface area contributed by atoms with E-state index in [1.54, 1.807) is 37.1 Å². The van der Waals surface area contributed by atoms with Crippen molar-refractivity contribution in [2.75, 3.05) is 26.6 Å². The van der Waals surface area contributed by atoms with E-state index in [0.717, 1.165) is 153 Å². The lowest BCUT2D eigenvalue weighted by molar-refractivity contribution is 0.479. The molecule has 0 atom stereocenters. The van der Waals surface area contributed by atoms with Crippen LogP contribution in [0.2, 0.25) is 0 Å². The number of ether oxygens (including phenoxy) is 2. The SMILES string of the molecule is Cc1cc2nccc(Nc3ccc(Oc4ccccc4)cc3)c2cc1C.Cc1cc2ncnc(Nc3ccc(Cc4ccccc4)cc3)c2cc1C.Cc1cc2ncnc(Nc3ccc(Cc4ccccc4)cc3)c2cc1C.Cc1cc2ncnc(Nc3ccc(Oc4ccccc4C)cc3)c2cc1C.Cc1cc2ncnc(Nc3ccc(Sc4ccccc4)cc3)c2cc1C. The van der Waals surface area contributed by atoms with Crippen molar-refractivity contribution in [2.24, 2.45) is 0 Å². The number of nitrogens with one attached hydrogen (secondary N) is 5. The Kier molecular flexibility index (Phi) is 28.4. The molecule has 131 heavy (non-hydrogen) atoms. The summed E-state index contributed by atoms with van der Waals surface area (Å²) in [5.41, 5.74) is 29.7. The summed E-state index contributed by atoms with van der Waals surface area (Å²) < 4.78 is 11.8. The second kappa shape index (κ2) is 42.1. The second-order valence-electron chi connectivity index (χ2n) is 32.6. The number of hydrogen-bond acceptors (Lipinski definition) is 17. The van der Waals surface area contributed by atoms with E-state index >= 15 is 0 Å². The maximum atomic E-state index is 5.96. The Labute approximate surface area is 769 Å². The minimum atomic E-state index is 0.800. The van der Waals surface area contributed by atoms with Crippen molar-refractivity contribution in [2.45, 2.75) is 98.8 Å². The summed E-state index contributed by atoms with van der Waals surface area (Å²) in [5, 5.41) is 22.4. The largest absolute Gasteiger partial charge is 0.457 e. The third-order valence-corrected chi connectivity index (χ3v) is 24.0. The molecule has 0 spiro atoms. The van der Waals surface area contributed by atoms with Gasteiger partial charge in [-0.05, 0) is 367 Å². The lowest BCUT2D eigenvalue weighted by Gasteiger charge is -2.12. The number of rotatable bonds is 20. The summed E-state index contributed by atoms with van der Waals surface area (Å²) in [6.07, 6.45) is 10.2. The molecule has 17 heteroatoms. The zero-order chi connectivity index (χ0) is 90.5. The lowest BCUT2D eigenvalue weighted by atomic mass is 10.0. The van der Waals surface area contributed by atoms with Crippen LogP contribution in [-0.2, 0) is 12.8 Å². The summed E-state index contributed by atoms with van der Waals surface area (Å²) in [4.78, 5) is 42.2. The lowest BCUT2D eigenvalue weighted by Crippen LogP contribution is -1.97. The molecule has 20 aromatic rings. The number of anilines is 10. The van der Waals surface area contributed by atoms with Crippen LogP contribution in [0.25, 0.3) is 54.5 Å². The number of pyridine rings is 1. The van der Waals surface area contributed by atoms with Gasteiger partial charge in [-0.1, -0.05) is 151 Å². The van der Waals surface area contributed by atoms with Gasteiger partial charge < -0.3 is 36.1 Å². The Balaban J connectivity index is 0.000000120. The number of benzene rings is 15. The predicted octanol–water partition coefficient (Wildman–Crippen LogP) is 29.8. The number of nitrogens with zero attached hydrogens (tertiary/aromatic N) is 9. The molecule has 0 radical (unpaired) electrons. The molecule has 20 rings (SSSR count). The normalized spacial score (nSPS) is 10.8. The Morgan fingerprint density at radius 3 is 0.885 bits per heavy atom. The van der Waals surface area contributed by atoms with Gasteiger partial charge >= 0.3 is 0 Å². The van der Waals surface area contributed by atoms with Crippen LogP contribution in [0.15, 0.2) is 375 Å². The Morgan fingerprint density at radius 2 is 0.504 bits per heavy atom. The van der Waals surface area contributed by atoms with E-state index in [1.165, 1.54) is 87.7 Å². The highest BCUT2D eigenvalue weighted by Gasteiger charge is 2.15. The molecule has 0 aliphatic heterocycles. The first kappa shape index (κ1) is 88.5. The number of aryl methyl sites for hydroxylation is 11. The van der Waals surface area contributed by atoms with Gasteiger partial charge in [-0.25, -0.2) is 39.9 Å². The molecule has 5 heterocycles. The monoisotopic (exact) mass is 1730 g/mol. The fraction of sp³-hybridized carbons (Fsp3) is 0.114. The van der Waals surface area contributed by atoms with Gasteiger partial charge in [0, 0.05) is 77.0 Å². The molecule has 0 saturated heterocycles. The molecular formula is C114H102N14O2S.